The Hall–Kier alpha value is -2.48. The summed E-state index contributed by atoms with van der Waals surface area (Å²) in [6.45, 7) is -0.900. The first-order chi connectivity index (χ1) is 13.2. The minimum Gasteiger partial charge on any atom is -0.394 e. The molecule has 6 N–H and O–H groups in total. The van der Waals surface area contributed by atoms with Gasteiger partial charge in [-0.1, -0.05) is 0 Å². The number of aromatic nitrogens is 2. The van der Waals surface area contributed by atoms with E-state index in [1.54, 1.807) is 0 Å². The first-order valence-corrected chi connectivity index (χ1v) is 8.38. The molecule has 1 fully saturated rings. The molecule has 13 heteroatoms. The van der Waals surface area contributed by atoms with Crippen LogP contribution in [0.3, 0.4) is 0 Å². The molecule has 156 valence electrons. The number of carbonyl (C=O) groups excluding carboxylic acids is 2. The minimum absolute atomic E-state index is 0.161. The maximum absolute atomic E-state index is 14.1. The summed E-state index contributed by atoms with van der Waals surface area (Å²) in [7, 11) is 0. The molecule has 11 nitrogen and oxygen atoms in total. The average molecular weight is 405 g/mol. The van der Waals surface area contributed by atoms with Crippen LogP contribution in [0.5, 0.6) is 0 Å². The van der Waals surface area contributed by atoms with Crippen molar-refractivity contribution in [2.24, 2.45) is 5.73 Å². The molecule has 0 aliphatic carbocycles. The quantitative estimate of drug-likeness (QED) is 0.328. The largest absolute Gasteiger partial charge is 0.394 e. The number of amides is 2. The SMILES string of the molecule is NCCCC(=O)NCC(=O)Nc1ccn([C@@H]2O[C@H](CO)[C@@H](O)C2(F)F)c(=O)n1. The van der Waals surface area contributed by atoms with Gasteiger partial charge in [0.2, 0.25) is 18.0 Å². The van der Waals surface area contributed by atoms with E-state index < -0.39 is 42.6 Å². The highest BCUT2D eigenvalue weighted by atomic mass is 19.3. The molecule has 2 amide bonds. The summed E-state index contributed by atoms with van der Waals surface area (Å²) in [4.78, 5) is 38.7. The Balaban J connectivity index is 2.02. The van der Waals surface area contributed by atoms with Crippen LogP contribution in [0.4, 0.5) is 14.6 Å². The predicted octanol–water partition coefficient (Wildman–Crippen LogP) is -2.08. The maximum Gasteiger partial charge on any atom is 0.351 e. The number of rotatable bonds is 8. The normalized spacial score (nSPS) is 23.4. The Labute approximate surface area is 157 Å². The average Bonchev–Trinajstić information content (AvgIpc) is 2.88. The standard InChI is InChI=1S/C15H21F2N5O6/c16-15(17)12(26)8(7-23)28-13(15)22-5-3-9(21-14(22)27)20-11(25)6-19-10(24)2-1-4-18/h3,5,8,12-13,23,26H,1-2,4,6-7,18H2,(H,19,24)(H,20,21,25,27)/t8-,12-,13-/m1/s1. The number of hydrogen-bond acceptors (Lipinski definition) is 8. The maximum atomic E-state index is 14.1. The fourth-order valence-electron chi connectivity index (χ4n) is 2.50. The second-order valence-electron chi connectivity index (χ2n) is 6.05. The third kappa shape index (κ3) is 4.86. The molecule has 1 aliphatic rings. The molecule has 1 saturated heterocycles. The molecule has 0 saturated carbocycles. The van der Waals surface area contributed by atoms with E-state index in [4.69, 9.17) is 15.6 Å². The van der Waals surface area contributed by atoms with E-state index in [0.29, 0.717) is 17.5 Å². The van der Waals surface area contributed by atoms with E-state index in [0.717, 1.165) is 12.3 Å². The third-order valence-corrected chi connectivity index (χ3v) is 3.96. The van der Waals surface area contributed by atoms with Gasteiger partial charge in [0.25, 0.3) is 0 Å². The zero-order chi connectivity index (χ0) is 20.9. The Morgan fingerprint density at radius 3 is 2.68 bits per heavy atom. The highest BCUT2D eigenvalue weighted by Crippen LogP contribution is 2.41. The number of carbonyl (C=O) groups is 2. The van der Waals surface area contributed by atoms with Gasteiger partial charge in [-0.3, -0.25) is 14.2 Å². The van der Waals surface area contributed by atoms with Crippen molar-refractivity contribution in [3.8, 4) is 0 Å². The van der Waals surface area contributed by atoms with Gasteiger partial charge in [0.15, 0.2) is 6.10 Å². The van der Waals surface area contributed by atoms with Crippen LogP contribution in [0.25, 0.3) is 0 Å². The van der Waals surface area contributed by atoms with Gasteiger partial charge in [0, 0.05) is 12.6 Å². The summed E-state index contributed by atoms with van der Waals surface area (Å²) in [5, 5.41) is 23.1. The highest BCUT2D eigenvalue weighted by Gasteiger charge is 2.59. The summed E-state index contributed by atoms with van der Waals surface area (Å²) in [5.74, 6) is -5.11. The molecule has 0 radical (unpaired) electrons. The Kier molecular flexibility index (Phi) is 7.12. The van der Waals surface area contributed by atoms with E-state index >= 15 is 0 Å². The van der Waals surface area contributed by atoms with Gasteiger partial charge in [0.05, 0.1) is 13.2 Å². The van der Waals surface area contributed by atoms with Crippen LogP contribution in [0.1, 0.15) is 19.1 Å². The van der Waals surface area contributed by atoms with Gasteiger partial charge < -0.3 is 31.3 Å². The zero-order valence-corrected chi connectivity index (χ0v) is 14.7. The lowest BCUT2D eigenvalue weighted by atomic mass is 10.1. The van der Waals surface area contributed by atoms with Gasteiger partial charge >= 0.3 is 11.6 Å². The molecule has 2 heterocycles. The molecule has 1 aliphatic heterocycles. The van der Waals surface area contributed by atoms with Crippen LogP contribution in [-0.2, 0) is 14.3 Å². The van der Waals surface area contributed by atoms with Crippen molar-refractivity contribution in [1.82, 2.24) is 14.9 Å². The van der Waals surface area contributed by atoms with Gasteiger partial charge in [-0.15, -0.1) is 0 Å². The number of nitrogens with two attached hydrogens (primary N) is 1. The van der Waals surface area contributed by atoms with E-state index in [1.807, 2.05) is 0 Å². The van der Waals surface area contributed by atoms with Crippen LogP contribution in [-0.4, -0.2) is 69.4 Å². The van der Waals surface area contributed by atoms with Gasteiger partial charge in [-0.2, -0.15) is 13.8 Å². The second-order valence-corrected chi connectivity index (χ2v) is 6.05. The van der Waals surface area contributed by atoms with E-state index in [1.165, 1.54) is 0 Å². The molecule has 3 atom stereocenters. The molecule has 0 spiro atoms. The van der Waals surface area contributed by atoms with Crippen molar-refractivity contribution in [2.45, 2.75) is 37.2 Å². The van der Waals surface area contributed by atoms with Crippen LogP contribution >= 0.6 is 0 Å². The monoisotopic (exact) mass is 405 g/mol. The lowest BCUT2D eigenvalue weighted by molar-refractivity contribution is -0.141. The van der Waals surface area contributed by atoms with Gasteiger partial charge in [0.1, 0.15) is 11.9 Å². The summed E-state index contributed by atoms with van der Waals surface area (Å²) < 4.78 is 33.5. The number of alkyl halides is 2. The van der Waals surface area contributed by atoms with Gasteiger partial charge in [-0.25, -0.2) is 4.79 Å². The van der Waals surface area contributed by atoms with Crippen molar-refractivity contribution in [1.29, 1.82) is 0 Å². The second kappa shape index (κ2) is 9.14. The number of hydrogen-bond donors (Lipinski definition) is 5. The van der Waals surface area contributed by atoms with Crippen LogP contribution in [0.2, 0.25) is 0 Å². The lowest BCUT2D eigenvalue weighted by Crippen LogP contribution is -2.42. The Bertz CT molecular complexity index is 774. The number of aliphatic hydroxyl groups excluding tert-OH is 2. The fourth-order valence-corrected chi connectivity index (χ4v) is 2.50. The number of ether oxygens (including phenoxy) is 1. The molecule has 28 heavy (non-hydrogen) atoms. The third-order valence-electron chi connectivity index (χ3n) is 3.96. The minimum atomic E-state index is -3.84. The number of halogens is 2. The van der Waals surface area contributed by atoms with Crippen molar-refractivity contribution >= 4 is 17.6 Å². The molecule has 0 unspecified atom stereocenters. The molecule has 1 aromatic rings. The first kappa shape index (κ1) is 21.8. The van der Waals surface area contributed by atoms with Crippen LogP contribution in [0, 0.1) is 0 Å². The predicted molar refractivity (Wildman–Crippen MR) is 90.4 cm³/mol. The zero-order valence-electron chi connectivity index (χ0n) is 14.7. The molecule has 0 bridgehead atoms. The van der Waals surface area contributed by atoms with Crippen molar-refractivity contribution in [2.75, 3.05) is 25.0 Å². The number of aliphatic hydroxyl groups is 2. The van der Waals surface area contributed by atoms with Crippen molar-refractivity contribution < 1.29 is 33.3 Å². The number of nitrogens with one attached hydrogen (secondary N) is 2. The summed E-state index contributed by atoms with van der Waals surface area (Å²) in [5.41, 5.74) is 4.10. The first-order valence-electron chi connectivity index (χ1n) is 8.38. The molecular formula is C15H21F2N5O6. The van der Waals surface area contributed by atoms with E-state index in [2.05, 4.69) is 15.6 Å². The molecule has 0 aromatic carbocycles. The van der Waals surface area contributed by atoms with Crippen molar-refractivity contribution in [3.05, 3.63) is 22.7 Å². The van der Waals surface area contributed by atoms with Crippen LogP contribution < -0.4 is 22.1 Å². The summed E-state index contributed by atoms with van der Waals surface area (Å²) in [6, 6.07) is 1.08. The summed E-state index contributed by atoms with van der Waals surface area (Å²) in [6.07, 6.45) is -4.48. The number of nitrogens with zero attached hydrogens (tertiary/aromatic N) is 2. The topological polar surface area (TPSA) is 169 Å². The molecule has 1 aromatic heterocycles. The summed E-state index contributed by atoms with van der Waals surface area (Å²) >= 11 is 0. The Morgan fingerprint density at radius 2 is 2.11 bits per heavy atom. The van der Waals surface area contributed by atoms with E-state index in [-0.39, 0.29) is 24.7 Å². The smallest absolute Gasteiger partial charge is 0.351 e. The molecule has 2 rings (SSSR count). The number of anilines is 1. The van der Waals surface area contributed by atoms with E-state index in [9.17, 15) is 28.3 Å². The molecular weight excluding hydrogens is 384 g/mol. The lowest BCUT2D eigenvalue weighted by Gasteiger charge is -2.21. The Morgan fingerprint density at radius 1 is 1.39 bits per heavy atom. The fraction of sp³-hybridized carbons (Fsp3) is 0.600. The van der Waals surface area contributed by atoms with Crippen molar-refractivity contribution in [3.63, 3.8) is 0 Å². The van der Waals surface area contributed by atoms with Crippen LogP contribution in [0.15, 0.2) is 17.1 Å². The van der Waals surface area contributed by atoms with Gasteiger partial charge in [-0.05, 0) is 19.0 Å². The highest BCUT2D eigenvalue weighted by molar-refractivity contribution is 5.93.